The number of rotatable bonds is 6. The lowest BCUT2D eigenvalue weighted by molar-refractivity contribution is -0.138. The molecule has 2 N–H and O–H groups in total. The summed E-state index contributed by atoms with van der Waals surface area (Å²) >= 11 is 4.02. The highest BCUT2D eigenvalue weighted by atomic mass is 32.1. The van der Waals surface area contributed by atoms with Crippen LogP contribution in [0.2, 0.25) is 0 Å². The molecule has 0 aromatic rings. The molecule has 3 amide bonds. The van der Waals surface area contributed by atoms with Crippen LogP contribution in [0.25, 0.3) is 0 Å². The van der Waals surface area contributed by atoms with Crippen molar-refractivity contribution in [3.8, 4) is 0 Å². The maximum Gasteiger partial charge on any atom is 0.242 e. The summed E-state index contributed by atoms with van der Waals surface area (Å²) in [7, 11) is 0. The van der Waals surface area contributed by atoms with E-state index in [4.69, 9.17) is 5.73 Å². The van der Waals surface area contributed by atoms with Crippen LogP contribution in [-0.2, 0) is 14.4 Å². The number of carbonyl (C=O) groups excluding carboxylic acids is 3. The van der Waals surface area contributed by atoms with Gasteiger partial charge in [0, 0.05) is 19.4 Å². The van der Waals surface area contributed by atoms with Gasteiger partial charge in [0.05, 0.1) is 5.25 Å². The number of nitrogens with two attached hydrogens (primary N) is 1. The molecule has 0 spiro atoms. The number of hydrogen-bond donors (Lipinski definition) is 2. The number of nitrogens with zero attached hydrogens (tertiary/aromatic N) is 1. The predicted octanol–water partition coefficient (Wildman–Crippen LogP) is 0.0894. The summed E-state index contributed by atoms with van der Waals surface area (Å²) in [5.41, 5.74) is 4.99. The monoisotopic (exact) mass is 244 g/mol. The average Bonchev–Trinajstić information content (AvgIpc) is 2.43. The molecule has 1 unspecified atom stereocenters. The molecule has 90 valence electrons. The van der Waals surface area contributed by atoms with E-state index in [2.05, 4.69) is 12.6 Å². The molecule has 0 aromatic heterocycles. The lowest BCUT2D eigenvalue weighted by Gasteiger charge is -2.13. The van der Waals surface area contributed by atoms with Gasteiger partial charge in [-0.05, 0) is 12.8 Å². The third kappa shape index (κ3) is 3.52. The number of primary amides is 1. The van der Waals surface area contributed by atoms with Crippen molar-refractivity contribution in [3.63, 3.8) is 0 Å². The predicted molar refractivity (Wildman–Crippen MR) is 61.8 cm³/mol. The van der Waals surface area contributed by atoms with Crippen LogP contribution in [0.3, 0.4) is 0 Å². The average molecular weight is 244 g/mol. The minimum absolute atomic E-state index is 0.153. The van der Waals surface area contributed by atoms with Crippen LogP contribution in [0.5, 0.6) is 0 Å². The van der Waals surface area contributed by atoms with Crippen molar-refractivity contribution in [3.05, 3.63) is 0 Å². The molecule has 0 aliphatic carbocycles. The Bertz CT molecular complexity index is 306. The van der Waals surface area contributed by atoms with Gasteiger partial charge < -0.3 is 5.73 Å². The van der Waals surface area contributed by atoms with E-state index in [0.717, 1.165) is 6.42 Å². The first-order valence-electron chi connectivity index (χ1n) is 5.33. The van der Waals surface area contributed by atoms with Crippen molar-refractivity contribution < 1.29 is 14.4 Å². The van der Waals surface area contributed by atoms with Gasteiger partial charge in [-0.3, -0.25) is 19.3 Å². The number of amides is 3. The summed E-state index contributed by atoms with van der Waals surface area (Å²) in [5.74, 6) is -0.674. The van der Waals surface area contributed by atoms with Crippen LogP contribution < -0.4 is 5.73 Å². The maximum absolute atomic E-state index is 11.4. The van der Waals surface area contributed by atoms with Crippen molar-refractivity contribution >= 4 is 30.4 Å². The Morgan fingerprint density at radius 3 is 2.56 bits per heavy atom. The fourth-order valence-corrected chi connectivity index (χ4v) is 1.94. The summed E-state index contributed by atoms with van der Waals surface area (Å²) in [6.45, 7) is 0.424. The van der Waals surface area contributed by atoms with Gasteiger partial charge >= 0.3 is 0 Å². The van der Waals surface area contributed by atoms with Gasteiger partial charge in [-0.15, -0.1) is 0 Å². The number of imide groups is 1. The normalized spacial score (nSPS) is 20.6. The van der Waals surface area contributed by atoms with Crippen molar-refractivity contribution in [1.29, 1.82) is 0 Å². The van der Waals surface area contributed by atoms with Gasteiger partial charge in [0.15, 0.2) is 0 Å². The Kier molecular flexibility index (Phi) is 4.79. The van der Waals surface area contributed by atoms with Gasteiger partial charge in [-0.2, -0.15) is 12.6 Å². The molecule has 0 saturated carbocycles. The van der Waals surface area contributed by atoms with Crippen LogP contribution in [0, 0.1) is 0 Å². The molecular weight excluding hydrogens is 228 g/mol. The highest BCUT2D eigenvalue weighted by molar-refractivity contribution is 7.81. The number of thiol groups is 1. The number of hydrogen-bond acceptors (Lipinski definition) is 4. The number of likely N-dealkylation sites (tertiary alicyclic amines) is 1. The second-order valence-corrected chi connectivity index (χ2v) is 4.50. The summed E-state index contributed by atoms with van der Waals surface area (Å²) in [4.78, 5) is 34.5. The lowest BCUT2D eigenvalue weighted by Crippen LogP contribution is -2.31. The van der Waals surface area contributed by atoms with Gasteiger partial charge in [0.2, 0.25) is 17.7 Å². The third-order valence-corrected chi connectivity index (χ3v) is 2.93. The molecule has 0 radical (unpaired) electrons. The molecule has 1 rings (SSSR count). The van der Waals surface area contributed by atoms with Crippen molar-refractivity contribution in [1.82, 2.24) is 4.90 Å². The third-order valence-electron chi connectivity index (χ3n) is 2.53. The second kappa shape index (κ2) is 5.89. The molecule has 1 saturated heterocycles. The van der Waals surface area contributed by atoms with Crippen LogP contribution in [0.1, 0.15) is 32.1 Å². The second-order valence-electron chi connectivity index (χ2n) is 3.88. The molecule has 1 heterocycles. The molecule has 1 fully saturated rings. The Hall–Kier alpha value is -1.04. The van der Waals surface area contributed by atoms with Crippen molar-refractivity contribution in [2.75, 3.05) is 6.54 Å². The fraction of sp³-hybridized carbons (Fsp3) is 0.700. The van der Waals surface area contributed by atoms with Gasteiger partial charge in [-0.25, -0.2) is 0 Å². The molecule has 1 aliphatic heterocycles. The van der Waals surface area contributed by atoms with Gasteiger partial charge in [-0.1, -0.05) is 6.42 Å². The summed E-state index contributed by atoms with van der Waals surface area (Å²) in [6.07, 6.45) is 2.76. The van der Waals surface area contributed by atoms with Crippen molar-refractivity contribution in [2.24, 2.45) is 5.73 Å². The van der Waals surface area contributed by atoms with E-state index in [-0.39, 0.29) is 24.1 Å². The van der Waals surface area contributed by atoms with E-state index in [1.807, 2.05) is 0 Å². The SMILES string of the molecule is NC(=O)CCCCCN1C(=O)CC(S)C1=O. The lowest BCUT2D eigenvalue weighted by atomic mass is 10.2. The number of unbranched alkanes of at least 4 members (excludes halogenated alkanes) is 2. The van der Waals surface area contributed by atoms with Gasteiger partial charge in [0.25, 0.3) is 0 Å². The molecule has 0 aromatic carbocycles. The zero-order valence-electron chi connectivity index (χ0n) is 9.02. The highest BCUT2D eigenvalue weighted by Crippen LogP contribution is 2.18. The van der Waals surface area contributed by atoms with Crippen LogP contribution in [0.15, 0.2) is 0 Å². The molecule has 1 aliphatic rings. The first-order valence-corrected chi connectivity index (χ1v) is 5.84. The van der Waals surface area contributed by atoms with Crippen LogP contribution in [0.4, 0.5) is 0 Å². The van der Waals surface area contributed by atoms with Crippen molar-refractivity contribution in [2.45, 2.75) is 37.4 Å². The highest BCUT2D eigenvalue weighted by Gasteiger charge is 2.35. The zero-order valence-corrected chi connectivity index (χ0v) is 9.91. The Balaban J connectivity index is 2.20. The van der Waals surface area contributed by atoms with Crippen LogP contribution >= 0.6 is 12.6 Å². The Morgan fingerprint density at radius 2 is 2.06 bits per heavy atom. The fourth-order valence-electron chi connectivity index (χ4n) is 1.65. The Labute approximate surface area is 99.8 Å². The summed E-state index contributed by atoms with van der Waals surface area (Å²) < 4.78 is 0. The van der Waals surface area contributed by atoms with E-state index in [0.29, 0.717) is 25.8 Å². The largest absolute Gasteiger partial charge is 0.370 e. The molecular formula is C10H16N2O3S. The topological polar surface area (TPSA) is 80.5 Å². The first kappa shape index (κ1) is 13.0. The molecule has 5 nitrogen and oxygen atoms in total. The Morgan fingerprint density at radius 1 is 1.38 bits per heavy atom. The quantitative estimate of drug-likeness (QED) is 0.395. The minimum atomic E-state index is -0.474. The minimum Gasteiger partial charge on any atom is -0.370 e. The molecule has 1 atom stereocenters. The first-order chi connectivity index (χ1) is 7.52. The van der Waals surface area contributed by atoms with E-state index < -0.39 is 5.25 Å². The molecule has 6 heteroatoms. The zero-order chi connectivity index (χ0) is 12.1. The van der Waals surface area contributed by atoms with E-state index in [9.17, 15) is 14.4 Å². The number of carbonyl (C=O) groups is 3. The van der Waals surface area contributed by atoms with Crippen LogP contribution in [-0.4, -0.2) is 34.4 Å². The van der Waals surface area contributed by atoms with E-state index in [1.165, 1.54) is 4.90 Å². The summed E-state index contributed by atoms with van der Waals surface area (Å²) in [6, 6.07) is 0. The van der Waals surface area contributed by atoms with E-state index >= 15 is 0 Å². The summed E-state index contributed by atoms with van der Waals surface area (Å²) in [5, 5.41) is -0.474. The van der Waals surface area contributed by atoms with E-state index in [1.54, 1.807) is 0 Å². The molecule has 16 heavy (non-hydrogen) atoms. The maximum atomic E-state index is 11.4. The van der Waals surface area contributed by atoms with Gasteiger partial charge in [0.1, 0.15) is 0 Å². The smallest absolute Gasteiger partial charge is 0.242 e. The standard InChI is InChI=1S/C10H16N2O3S/c11-8(13)4-2-1-3-5-12-9(14)6-7(16)10(12)15/h7,16H,1-6H2,(H2,11,13). The molecule has 0 bridgehead atoms.